The molecular formula is C17H16N2O2. The van der Waals surface area contributed by atoms with Crippen LogP contribution in [0.3, 0.4) is 0 Å². The van der Waals surface area contributed by atoms with E-state index in [1.165, 1.54) is 0 Å². The largest absolute Gasteiger partial charge is 0.348 e. The summed E-state index contributed by atoms with van der Waals surface area (Å²) in [6.07, 6.45) is 0.412. The van der Waals surface area contributed by atoms with Crippen LogP contribution in [0.25, 0.3) is 0 Å². The van der Waals surface area contributed by atoms with Crippen molar-refractivity contribution in [1.29, 1.82) is 0 Å². The van der Waals surface area contributed by atoms with E-state index in [-0.39, 0.29) is 11.8 Å². The van der Waals surface area contributed by atoms with Gasteiger partial charge < -0.3 is 10.6 Å². The molecule has 0 radical (unpaired) electrons. The number of rotatable bonds is 3. The van der Waals surface area contributed by atoms with Crippen LogP contribution < -0.4 is 10.6 Å². The van der Waals surface area contributed by atoms with Gasteiger partial charge in [-0.05, 0) is 35.7 Å². The highest BCUT2D eigenvalue weighted by Gasteiger charge is 2.17. The third-order valence-corrected chi connectivity index (χ3v) is 3.64. The fourth-order valence-electron chi connectivity index (χ4n) is 2.50. The quantitative estimate of drug-likeness (QED) is 0.907. The van der Waals surface area contributed by atoms with Crippen LogP contribution in [0.1, 0.15) is 27.0 Å². The fourth-order valence-corrected chi connectivity index (χ4v) is 2.50. The Hall–Kier alpha value is -2.62. The molecule has 21 heavy (non-hydrogen) atoms. The number of hydrogen-bond donors (Lipinski definition) is 2. The highest BCUT2D eigenvalue weighted by Crippen LogP contribution is 2.23. The molecule has 0 aliphatic carbocycles. The maximum Gasteiger partial charge on any atom is 0.251 e. The predicted molar refractivity (Wildman–Crippen MR) is 81.1 cm³/mol. The molecule has 0 aromatic heterocycles. The summed E-state index contributed by atoms with van der Waals surface area (Å²) in [5, 5.41) is 5.71. The number of amides is 2. The predicted octanol–water partition coefficient (Wildman–Crippen LogP) is 2.42. The van der Waals surface area contributed by atoms with Crippen molar-refractivity contribution < 1.29 is 9.59 Å². The zero-order valence-electron chi connectivity index (χ0n) is 11.8. The van der Waals surface area contributed by atoms with Gasteiger partial charge in [0.15, 0.2) is 0 Å². The van der Waals surface area contributed by atoms with Gasteiger partial charge in [0.05, 0.1) is 6.42 Å². The third-order valence-electron chi connectivity index (χ3n) is 3.64. The highest BCUT2D eigenvalue weighted by atomic mass is 16.2. The summed E-state index contributed by atoms with van der Waals surface area (Å²) < 4.78 is 0. The summed E-state index contributed by atoms with van der Waals surface area (Å²) >= 11 is 0. The zero-order chi connectivity index (χ0) is 14.8. The summed E-state index contributed by atoms with van der Waals surface area (Å²) in [7, 11) is 0. The molecular weight excluding hydrogens is 264 g/mol. The molecule has 0 spiro atoms. The van der Waals surface area contributed by atoms with Gasteiger partial charge in [-0.2, -0.15) is 0 Å². The molecule has 0 saturated heterocycles. The number of carbonyl (C=O) groups excluding carboxylic acids is 2. The van der Waals surface area contributed by atoms with E-state index < -0.39 is 0 Å². The standard InChI is InChI=1S/C17H16N2O2/c1-11-4-2-3-5-14(11)17(21)18-10-12-6-7-15-13(8-12)9-16(20)19-15/h2-8H,9-10H2,1H3,(H,18,21)(H,19,20). The SMILES string of the molecule is Cc1ccccc1C(=O)NCc1ccc2c(c1)CC(=O)N2. The van der Waals surface area contributed by atoms with Crippen molar-refractivity contribution in [1.82, 2.24) is 5.32 Å². The molecule has 0 fully saturated rings. The summed E-state index contributed by atoms with van der Waals surface area (Å²) in [6.45, 7) is 2.37. The van der Waals surface area contributed by atoms with Gasteiger partial charge in [-0.15, -0.1) is 0 Å². The first kappa shape index (κ1) is 13.4. The number of fused-ring (bicyclic) bond motifs is 1. The monoisotopic (exact) mass is 280 g/mol. The molecule has 1 heterocycles. The third kappa shape index (κ3) is 2.79. The van der Waals surface area contributed by atoms with Crippen molar-refractivity contribution in [2.75, 3.05) is 5.32 Å². The molecule has 2 amide bonds. The van der Waals surface area contributed by atoms with Crippen LogP contribution in [0.4, 0.5) is 5.69 Å². The lowest BCUT2D eigenvalue weighted by molar-refractivity contribution is -0.115. The van der Waals surface area contributed by atoms with Crippen molar-refractivity contribution in [3.63, 3.8) is 0 Å². The smallest absolute Gasteiger partial charge is 0.251 e. The van der Waals surface area contributed by atoms with E-state index in [9.17, 15) is 9.59 Å². The van der Waals surface area contributed by atoms with Gasteiger partial charge in [-0.1, -0.05) is 30.3 Å². The molecule has 0 bridgehead atoms. The van der Waals surface area contributed by atoms with Crippen LogP contribution in [0.2, 0.25) is 0 Å². The Bertz CT molecular complexity index is 722. The molecule has 0 saturated carbocycles. The second-order valence-electron chi connectivity index (χ2n) is 5.21. The molecule has 3 rings (SSSR count). The van der Waals surface area contributed by atoms with Gasteiger partial charge in [0.2, 0.25) is 5.91 Å². The van der Waals surface area contributed by atoms with Crippen LogP contribution in [-0.4, -0.2) is 11.8 Å². The second kappa shape index (κ2) is 5.40. The van der Waals surface area contributed by atoms with Crippen molar-refractivity contribution in [2.24, 2.45) is 0 Å². The minimum absolute atomic E-state index is 0.0195. The highest BCUT2D eigenvalue weighted by molar-refractivity contribution is 5.99. The summed E-state index contributed by atoms with van der Waals surface area (Å²) in [4.78, 5) is 23.5. The Morgan fingerprint density at radius 2 is 2.05 bits per heavy atom. The lowest BCUT2D eigenvalue weighted by Gasteiger charge is -2.08. The number of benzene rings is 2. The maximum atomic E-state index is 12.1. The van der Waals surface area contributed by atoms with Crippen molar-refractivity contribution in [3.05, 3.63) is 64.7 Å². The lowest BCUT2D eigenvalue weighted by Crippen LogP contribution is -2.23. The summed E-state index contributed by atoms with van der Waals surface area (Å²) in [5.41, 5.74) is 4.50. The second-order valence-corrected chi connectivity index (χ2v) is 5.21. The first-order valence-electron chi connectivity index (χ1n) is 6.89. The van der Waals surface area contributed by atoms with E-state index in [4.69, 9.17) is 0 Å². The van der Waals surface area contributed by atoms with Gasteiger partial charge in [0, 0.05) is 17.8 Å². The number of anilines is 1. The molecule has 0 unspecified atom stereocenters. The lowest BCUT2D eigenvalue weighted by atomic mass is 10.1. The van der Waals surface area contributed by atoms with Crippen LogP contribution >= 0.6 is 0 Å². The van der Waals surface area contributed by atoms with Crippen LogP contribution in [-0.2, 0) is 17.8 Å². The summed E-state index contributed by atoms with van der Waals surface area (Å²) in [5.74, 6) is -0.0612. The van der Waals surface area contributed by atoms with Crippen LogP contribution in [0.15, 0.2) is 42.5 Å². The van der Waals surface area contributed by atoms with Crippen LogP contribution in [0, 0.1) is 6.92 Å². The van der Waals surface area contributed by atoms with E-state index in [1.807, 2.05) is 49.4 Å². The Balaban J connectivity index is 1.69. The Labute approximate surface area is 123 Å². The Kier molecular flexibility index (Phi) is 3.44. The van der Waals surface area contributed by atoms with Crippen molar-refractivity contribution >= 4 is 17.5 Å². The first-order valence-corrected chi connectivity index (χ1v) is 6.89. The topological polar surface area (TPSA) is 58.2 Å². The molecule has 106 valence electrons. The van der Waals surface area contributed by atoms with Gasteiger partial charge in [0.1, 0.15) is 0 Å². The van der Waals surface area contributed by atoms with E-state index >= 15 is 0 Å². The number of hydrogen-bond acceptors (Lipinski definition) is 2. The van der Waals surface area contributed by atoms with E-state index in [2.05, 4.69) is 10.6 Å². The average molecular weight is 280 g/mol. The molecule has 4 nitrogen and oxygen atoms in total. The first-order chi connectivity index (χ1) is 10.1. The average Bonchev–Trinajstić information content (AvgIpc) is 2.84. The van der Waals surface area contributed by atoms with E-state index in [0.29, 0.717) is 18.5 Å². The van der Waals surface area contributed by atoms with Gasteiger partial charge >= 0.3 is 0 Å². The minimum Gasteiger partial charge on any atom is -0.348 e. The Morgan fingerprint density at radius 3 is 2.86 bits per heavy atom. The normalized spacial score (nSPS) is 12.7. The number of nitrogens with one attached hydrogen (secondary N) is 2. The maximum absolute atomic E-state index is 12.1. The van der Waals surface area contributed by atoms with Gasteiger partial charge in [-0.25, -0.2) is 0 Å². The minimum atomic E-state index is -0.0807. The molecule has 1 aliphatic heterocycles. The van der Waals surface area contributed by atoms with E-state index in [1.54, 1.807) is 0 Å². The number of aryl methyl sites for hydroxylation is 1. The molecule has 2 aromatic rings. The van der Waals surface area contributed by atoms with Crippen molar-refractivity contribution in [2.45, 2.75) is 19.9 Å². The Morgan fingerprint density at radius 1 is 1.24 bits per heavy atom. The molecule has 4 heteroatoms. The van der Waals surface area contributed by atoms with Crippen LogP contribution in [0.5, 0.6) is 0 Å². The molecule has 2 aromatic carbocycles. The molecule has 2 N–H and O–H groups in total. The van der Waals surface area contributed by atoms with E-state index in [0.717, 1.165) is 22.4 Å². The summed E-state index contributed by atoms with van der Waals surface area (Å²) in [6, 6.07) is 13.3. The van der Waals surface area contributed by atoms with Gasteiger partial charge in [0.25, 0.3) is 5.91 Å². The number of carbonyl (C=O) groups is 2. The van der Waals surface area contributed by atoms with Crippen molar-refractivity contribution in [3.8, 4) is 0 Å². The van der Waals surface area contributed by atoms with Gasteiger partial charge in [-0.3, -0.25) is 9.59 Å². The fraction of sp³-hybridized carbons (Fsp3) is 0.176. The molecule has 1 aliphatic rings. The molecule has 0 atom stereocenters. The zero-order valence-corrected chi connectivity index (χ0v) is 11.8.